The van der Waals surface area contributed by atoms with E-state index in [1.54, 1.807) is 0 Å². The second kappa shape index (κ2) is 2.95. The molecule has 1 rings (SSSR count). The van der Waals surface area contributed by atoms with Crippen molar-refractivity contribution in [1.82, 2.24) is 10.6 Å². The summed E-state index contributed by atoms with van der Waals surface area (Å²) >= 11 is 0. The van der Waals surface area contributed by atoms with E-state index < -0.39 is 0 Å². The molecule has 1 atom stereocenters. The van der Waals surface area contributed by atoms with Crippen molar-refractivity contribution in [3.63, 3.8) is 0 Å². The number of hydrogen-bond acceptors (Lipinski definition) is 2. The number of rotatable bonds is 2. The van der Waals surface area contributed by atoms with Gasteiger partial charge in [0.15, 0.2) is 0 Å². The van der Waals surface area contributed by atoms with E-state index in [0.717, 1.165) is 12.3 Å². The smallest absolute Gasteiger partial charge is 0.0928 e. The standard InChI is InChI=1S/C8H16N2/c1-6(2)4-8-5-9-7(3)10-8/h5-7,9-10H,4H2,1-3H3. The molecule has 0 radical (unpaired) electrons. The third-order valence-electron chi connectivity index (χ3n) is 1.54. The lowest BCUT2D eigenvalue weighted by Crippen LogP contribution is -2.28. The molecule has 0 bridgehead atoms. The van der Waals surface area contributed by atoms with Gasteiger partial charge in [-0.25, -0.2) is 0 Å². The maximum absolute atomic E-state index is 3.34. The molecule has 0 aromatic carbocycles. The molecule has 10 heavy (non-hydrogen) atoms. The summed E-state index contributed by atoms with van der Waals surface area (Å²) < 4.78 is 0. The van der Waals surface area contributed by atoms with Gasteiger partial charge in [0.2, 0.25) is 0 Å². The van der Waals surface area contributed by atoms with E-state index in [4.69, 9.17) is 0 Å². The zero-order valence-corrected chi connectivity index (χ0v) is 6.94. The van der Waals surface area contributed by atoms with Crippen molar-refractivity contribution in [1.29, 1.82) is 0 Å². The van der Waals surface area contributed by atoms with Crippen LogP contribution in [0.3, 0.4) is 0 Å². The maximum atomic E-state index is 3.34. The Labute approximate surface area is 62.7 Å². The van der Waals surface area contributed by atoms with E-state index >= 15 is 0 Å². The van der Waals surface area contributed by atoms with Crippen LogP contribution in [0.5, 0.6) is 0 Å². The molecule has 58 valence electrons. The molecule has 1 aliphatic heterocycles. The predicted octanol–water partition coefficient (Wildman–Crippen LogP) is 1.41. The average Bonchev–Trinajstić information content (AvgIpc) is 2.13. The van der Waals surface area contributed by atoms with Crippen LogP contribution in [0.15, 0.2) is 11.9 Å². The molecule has 0 amide bonds. The Morgan fingerprint density at radius 1 is 1.60 bits per heavy atom. The molecule has 2 heteroatoms. The third kappa shape index (κ3) is 1.94. The molecule has 0 saturated carbocycles. The fraction of sp³-hybridized carbons (Fsp3) is 0.750. The summed E-state index contributed by atoms with van der Waals surface area (Å²) in [6, 6.07) is 0. The molecular weight excluding hydrogens is 124 g/mol. The van der Waals surface area contributed by atoms with Crippen LogP contribution in [0.25, 0.3) is 0 Å². The van der Waals surface area contributed by atoms with Crippen molar-refractivity contribution in [2.24, 2.45) is 5.92 Å². The first-order valence-electron chi connectivity index (χ1n) is 3.90. The van der Waals surface area contributed by atoms with Crippen LogP contribution >= 0.6 is 0 Å². The van der Waals surface area contributed by atoms with E-state index in [2.05, 4.69) is 37.6 Å². The zero-order valence-electron chi connectivity index (χ0n) is 6.94. The van der Waals surface area contributed by atoms with E-state index in [0.29, 0.717) is 6.17 Å². The Bertz CT molecular complexity index is 138. The first-order chi connectivity index (χ1) is 4.68. The third-order valence-corrected chi connectivity index (χ3v) is 1.54. The van der Waals surface area contributed by atoms with E-state index in [9.17, 15) is 0 Å². The lowest BCUT2D eigenvalue weighted by Gasteiger charge is -2.08. The van der Waals surface area contributed by atoms with E-state index in [1.807, 2.05) is 0 Å². The molecule has 1 unspecified atom stereocenters. The summed E-state index contributed by atoms with van der Waals surface area (Å²) in [5, 5.41) is 6.54. The van der Waals surface area contributed by atoms with Gasteiger partial charge < -0.3 is 10.6 Å². The maximum Gasteiger partial charge on any atom is 0.0928 e. The zero-order chi connectivity index (χ0) is 7.56. The molecule has 1 heterocycles. The molecule has 1 aliphatic rings. The lowest BCUT2D eigenvalue weighted by molar-refractivity contribution is 0.565. The minimum atomic E-state index is 0.425. The first kappa shape index (κ1) is 7.45. The van der Waals surface area contributed by atoms with Crippen LogP contribution in [-0.2, 0) is 0 Å². The predicted molar refractivity (Wildman–Crippen MR) is 43.3 cm³/mol. The topological polar surface area (TPSA) is 24.1 Å². The number of allylic oxidation sites excluding steroid dienone is 1. The summed E-state index contributed by atoms with van der Waals surface area (Å²) in [7, 11) is 0. The highest BCUT2D eigenvalue weighted by molar-refractivity contribution is 5.06. The molecule has 2 N–H and O–H groups in total. The SMILES string of the molecule is CC(C)CC1=CNC(C)N1. The van der Waals surface area contributed by atoms with Gasteiger partial charge in [-0.1, -0.05) is 13.8 Å². The Morgan fingerprint density at radius 3 is 2.70 bits per heavy atom. The normalized spacial score (nSPS) is 24.0. The van der Waals surface area contributed by atoms with Crippen LogP contribution in [-0.4, -0.2) is 6.17 Å². The monoisotopic (exact) mass is 140 g/mol. The fourth-order valence-electron chi connectivity index (χ4n) is 1.14. The van der Waals surface area contributed by atoms with Crippen LogP contribution in [0.1, 0.15) is 27.2 Å². The minimum absolute atomic E-state index is 0.425. The van der Waals surface area contributed by atoms with Crippen molar-refractivity contribution in [2.45, 2.75) is 33.4 Å². The molecule has 0 saturated heterocycles. The van der Waals surface area contributed by atoms with Gasteiger partial charge in [-0.05, 0) is 19.3 Å². The Morgan fingerprint density at radius 2 is 2.30 bits per heavy atom. The van der Waals surface area contributed by atoms with Crippen molar-refractivity contribution >= 4 is 0 Å². The Hall–Kier alpha value is -0.660. The first-order valence-corrected chi connectivity index (χ1v) is 3.90. The van der Waals surface area contributed by atoms with Gasteiger partial charge in [0.25, 0.3) is 0 Å². The highest BCUT2D eigenvalue weighted by atomic mass is 15.2. The Kier molecular flexibility index (Phi) is 2.20. The van der Waals surface area contributed by atoms with Gasteiger partial charge in [-0.15, -0.1) is 0 Å². The molecular formula is C8H16N2. The van der Waals surface area contributed by atoms with Gasteiger partial charge in [0.05, 0.1) is 6.17 Å². The van der Waals surface area contributed by atoms with Crippen LogP contribution in [0.4, 0.5) is 0 Å². The van der Waals surface area contributed by atoms with Gasteiger partial charge in [0.1, 0.15) is 0 Å². The fourth-order valence-corrected chi connectivity index (χ4v) is 1.14. The lowest BCUT2D eigenvalue weighted by atomic mass is 10.1. The summed E-state index contributed by atoms with van der Waals surface area (Å²) in [4.78, 5) is 0. The minimum Gasteiger partial charge on any atom is -0.370 e. The van der Waals surface area contributed by atoms with Crippen LogP contribution < -0.4 is 10.6 Å². The molecule has 0 aromatic rings. The van der Waals surface area contributed by atoms with E-state index in [-0.39, 0.29) is 0 Å². The van der Waals surface area contributed by atoms with Gasteiger partial charge in [-0.2, -0.15) is 0 Å². The van der Waals surface area contributed by atoms with Crippen molar-refractivity contribution in [3.05, 3.63) is 11.9 Å². The van der Waals surface area contributed by atoms with Gasteiger partial charge >= 0.3 is 0 Å². The summed E-state index contributed by atoms with van der Waals surface area (Å²) in [5.41, 5.74) is 1.34. The van der Waals surface area contributed by atoms with Crippen molar-refractivity contribution in [3.8, 4) is 0 Å². The second-order valence-corrected chi connectivity index (χ2v) is 3.30. The molecule has 0 fully saturated rings. The van der Waals surface area contributed by atoms with Crippen molar-refractivity contribution in [2.75, 3.05) is 0 Å². The number of nitrogens with one attached hydrogen (secondary N) is 2. The summed E-state index contributed by atoms with van der Waals surface area (Å²) in [5.74, 6) is 0.742. The highest BCUT2D eigenvalue weighted by Crippen LogP contribution is 2.10. The van der Waals surface area contributed by atoms with Crippen molar-refractivity contribution < 1.29 is 0 Å². The second-order valence-electron chi connectivity index (χ2n) is 3.30. The quantitative estimate of drug-likeness (QED) is 0.606. The molecule has 0 spiro atoms. The molecule has 0 aromatic heterocycles. The Balaban J connectivity index is 2.30. The van der Waals surface area contributed by atoms with Crippen LogP contribution in [0, 0.1) is 5.92 Å². The summed E-state index contributed by atoms with van der Waals surface area (Å²) in [6.45, 7) is 6.57. The van der Waals surface area contributed by atoms with Gasteiger partial charge in [-0.3, -0.25) is 0 Å². The molecule has 2 nitrogen and oxygen atoms in total. The van der Waals surface area contributed by atoms with Crippen LogP contribution in [0.2, 0.25) is 0 Å². The van der Waals surface area contributed by atoms with E-state index in [1.165, 1.54) is 5.70 Å². The highest BCUT2D eigenvalue weighted by Gasteiger charge is 2.09. The molecule has 0 aliphatic carbocycles. The number of hydrogen-bond donors (Lipinski definition) is 2. The largest absolute Gasteiger partial charge is 0.370 e. The van der Waals surface area contributed by atoms with Gasteiger partial charge in [0, 0.05) is 11.9 Å². The summed E-state index contributed by atoms with van der Waals surface area (Å²) in [6.07, 6.45) is 3.65. The average molecular weight is 140 g/mol.